The quantitative estimate of drug-likeness (QED) is 0.635. The monoisotopic (exact) mass is 275 g/mol. The molecular weight excluding hydrogens is 269 g/mol. The first-order chi connectivity index (χ1) is 5.81. The molecule has 0 aliphatic heterocycles. The van der Waals surface area contributed by atoms with Gasteiger partial charge in [0.05, 0.1) is 12.5 Å². The van der Waals surface area contributed by atoms with Gasteiger partial charge in [0.2, 0.25) is 0 Å². The van der Waals surface area contributed by atoms with Gasteiger partial charge in [-0.25, -0.2) is 0 Å². The molecule has 2 rings (SSSR count). The summed E-state index contributed by atoms with van der Waals surface area (Å²) in [6.07, 6.45) is 1.83. The minimum Gasteiger partial charge on any atom is -0.467 e. The molecule has 1 N–H and O–H groups in total. The van der Waals surface area contributed by atoms with Gasteiger partial charge in [0, 0.05) is 6.20 Å². The Bertz CT molecular complexity index is 412. The van der Waals surface area contributed by atoms with E-state index in [1.165, 1.54) is 0 Å². The highest BCUT2D eigenvalue weighted by atomic mass is 127. The molecule has 5 heteroatoms. The summed E-state index contributed by atoms with van der Waals surface area (Å²) in [6, 6.07) is 2.34. The SMILES string of the molecule is COc1nc(I)c2cc[nH]c2n1. The summed E-state index contributed by atoms with van der Waals surface area (Å²) in [4.78, 5) is 11.2. The van der Waals surface area contributed by atoms with E-state index in [0.717, 1.165) is 14.7 Å². The Kier molecular flexibility index (Phi) is 1.87. The summed E-state index contributed by atoms with van der Waals surface area (Å²) >= 11 is 2.15. The number of methoxy groups -OCH3 is 1. The Morgan fingerprint density at radius 2 is 2.33 bits per heavy atom. The van der Waals surface area contributed by atoms with Gasteiger partial charge in [-0.3, -0.25) is 0 Å². The van der Waals surface area contributed by atoms with Gasteiger partial charge in [0.25, 0.3) is 0 Å². The number of hydrogen-bond acceptors (Lipinski definition) is 3. The van der Waals surface area contributed by atoms with Crippen LogP contribution < -0.4 is 4.74 Å². The van der Waals surface area contributed by atoms with Crippen molar-refractivity contribution in [2.24, 2.45) is 0 Å². The second-order valence-electron chi connectivity index (χ2n) is 2.24. The molecule has 2 heterocycles. The summed E-state index contributed by atoms with van der Waals surface area (Å²) in [5.41, 5.74) is 0.811. The summed E-state index contributed by atoms with van der Waals surface area (Å²) < 4.78 is 5.82. The maximum absolute atomic E-state index is 4.93. The Morgan fingerprint density at radius 3 is 3.08 bits per heavy atom. The first kappa shape index (κ1) is 7.78. The van der Waals surface area contributed by atoms with Crippen LogP contribution in [-0.4, -0.2) is 22.1 Å². The molecule has 0 amide bonds. The third-order valence-electron chi connectivity index (χ3n) is 1.53. The van der Waals surface area contributed by atoms with Crippen molar-refractivity contribution in [1.29, 1.82) is 0 Å². The fraction of sp³-hybridized carbons (Fsp3) is 0.143. The van der Waals surface area contributed by atoms with Gasteiger partial charge in [-0.15, -0.1) is 0 Å². The molecule has 0 aliphatic carbocycles. The standard InChI is InChI=1S/C7H6IN3O/c1-12-7-10-5(8)4-2-3-9-6(4)11-7/h2-3H,1H3,(H,9,10,11). The van der Waals surface area contributed by atoms with E-state index in [4.69, 9.17) is 4.74 Å². The van der Waals surface area contributed by atoms with Crippen LogP contribution in [0, 0.1) is 3.70 Å². The number of aromatic amines is 1. The predicted molar refractivity (Wildman–Crippen MR) is 53.2 cm³/mol. The van der Waals surface area contributed by atoms with Crippen molar-refractivity contribution in [3.8, 4) is 6.01 Å². The van der Waals surface area contributed by atoms with E-state index in [1.807, 2.05) is 12.3 Å². The molecule has 2 aromatic heterocycles. The lowest BCUT2D eigenvalue weighted by molar-refractivity contribution is 0.380. The van der Waals surface area contributed by atoms with Crippen molar-refractivity contribution >= 4 is 33.6 Å². The van der Waals surface area contributed by atoms with Crippen LogP contribution in [0.4, 0.5) is 0 Å². The highest BCUT2D eigenvalue weighted by Gasteiger charge is 2.04. The number of hydrogen-bond donors (Lipinski definition) is 1. The summed E-state index contributed by atoms with van der Waals surface area (Å²) in [5.74, 6) is 0. The minimum atomic E-state index is 0.398. The average Bonchev–Trinajstić information content (AvgIpc) is 2.52. The fourth-order valence-electron chi connectivity index (χ4n) is 0.976. The Morgan fingerprint density at radius 1 is 1.50 bits per heavy atom. The van der Waals surface area contributed by atoms with E-state index in [0.29, 0.717) is 6.01 Å². The number of aromatic nitrogens is 3. The van der Waals surface area contributed by atoms with Gasteiger partial charge >= 0.3 is 6.01 Å². The van der Waals surface area contributed by atoms with Crippen LogP contribution in [0.15, 0.2) is 12.3 Å². The normalized spacial score (nSPS) is 10.5. The number of nitrogens with one attached hydrogen (secondary N) is 1. The summed E-state index contributed by atoms with van der Waals surface area (Å²) in [6.45, 7) is 0. The maximum Gasteiger partial charge on any atom is 0.319 e. The molecule has 4 nitrogen and oxygen atoms in total. The van der Waals surface area contributed by atoms with Crippen LogP contribution in [-0.2, 0) is 0 Å². The molecule has 0 unspecified atom stereocenters. The average molecular weight is 275 g/mol. The van der Waals surface area contributed by atoms with E-state index in [2.05, 4.69) is 37.5 Å². The predicted octanol–water partition coefficient (Wildman–Crippen LogP) is 1.57. The molecule has 0 aliphatic rings. The number of fused-ring (bicyclic) bond motifs is 1. The number of halogens is 1. The second-order valence-corrected chi connectivity index (χ2v) is 3.26. The minimum absolute atomic E-state index is 0.398. The zero-order chi connectivity index (χ0) is 8.55. The van der Waals surface area contributed by atoms with E-state index in [9.17, 15) is 0 Å². The zero-order valence-electron chi connectivity index (χ0n) is 6.34. The Hall–Kier alpha value is -0.850. The second kappa shape index (κ2) is 2.89. The molecule has 0 saturated carbocycles. The third kappa shape index (κ3) is 1.13. The van der Waals surface area contributed by atoms with Crippen molar-refractivity contribution in [3.05, 3.63) is 16.0 Å². The lowest BCUT2D eigenvalue weighted by Crippen LogP contribution is -1.94. The van der Waals surface area contributed by atoms with Crippen LogP contribution in [0.25, 0.3) is 11.0 Å². The largest absolute Gasteiger partial charge is 0.467 e. The molecule has 0 aromatic carbocycles. The van der Waals surface area contributed by atoms with E-state index in [1.54, 1.807) is 7.11 Å². The van der Waals surface area contributed by atoms with Gasteiger partial charge in [-0.05, 0) is 28.7 Å². The molecule has 62 valence electrons. The lowest BCUT2D eigenvalue weighted by atomic mass is 10.4. The third-order valence-corrected chi connectivity index (χ3v) is 2.35. The first-order valence-corrected chi connectivity index (χ1v) is 4.44. The van der Waals surface area contributed by atoms with Crippen LogP contribution in [0.3, 0.4) is 0 Å². The van der Waals surface area contributed by atoms with Crippen molar-refractivity contribution in [1.82, 2.24) is 15.0 Å². The number of H-pyrrole nitrogens is 1. The van der Waals surface area contributed by atoms with Crippen LogP contribution in [0.2, 0.25) is 0 Å². The van der Waals surface area contributed by atoms with Gasteiger partial charge in [-0.2, -0.15) is 9.97 Å². The molecule has 2 aromatic rings. The number of nitrogens with zero attached hydrogens (tertiary/aromatic N) is 2. The van der Waals surface area contributed by atoms with Crippen molar-refractivity contribution in [3.63, 3.8) is 0 Å². The van der Waals surface area contributed by atoms with Crippen LogP contribution in [0.1, 0.15) is 0 Å². The molecule has 0 radical (unpaired) electrons. The van der Waals surface area contributed by atoms with Crippen LogP contribution >= 0.6 is 22.6 Å². The highest BCUT2D eigenvalue weighted by molar-refractivity contribution is 14.1. The number of ether oxygens (including phenoxy) is 1. The van der Waals surface area contributed by atoms with Crippen molar-refractivity contribution < 1.29 is 4.74 Å². The smallest absolute Gasteiger partial charge is 0.319 e. The van der Waals surface area contributed by atoms with E-state index in [-0.39, 0.29) is 0 Å². The van der Waals surface area contributed by atoms with Crippen LogP contribution in [0.5, 0.6) is 6.01 Å². The fourth-order valence-corrected chi connectivity index (χ4v) is 1.62. The molecule has 0 fully saturated rings. The molecule has 12 heavy (non-hydrogen) atoms. The Balaban J connectivity index is 2.75. The van der Waals surface area contributed by atoms with E-state index >= 15 is 0 Å². The Labute approximate surface area is 82.5 Å². The molecule has 0 saturated heterocycles. The van der Waals surface area contributed by atoms with E-state index < -0.39 is 0 Å². The van der Waals surface area contributed by atoms with Gasteiger partial charge in [0.1, 0.15) is 9.35 Å². The van der Waals surface area contributed by atoms with Gasteiger partial charge < -0.3 is 9.72 Å². The summed E-state index contributed by atoms with van der Waals surface area (Å²) in [5, 5.41) is 1.02. The molecule has 0 bridgehead atoms. The molecule has 0 spiro atoms. The molecule has 0 atom stereocenters. The number of rotatable bonds is 1. The lowest BCUT2D eigenvalue weighted by Gasteiger charge is -1.98. The van der Waals surface area contributed by atoms with Crippen molar-refractivity contribution in [2.75, 3.05) is 7.11 Å². The molecular formula is C7H6IN3O. The van der Waals surface area contributed by atoms with Gasteiger partial charge in [0.15, 0.2) is 0 Å². The van der Waals surface area contributed by atoms with Gasteiger partial charge in [-0.1, -0.05) is 0 Å². The maximum atomic E-state index is 4.93. The van der Waals surface area contributed by atoms with Crippen molar-refractivity contribution in [2.45, 2.75) is 0 Å². The summed E-state index contributed by atoms with van der Waals surface area (Å²) in [7, 11) is 1.56. The topological polar surface area (TPSA) is 50.8 Å². The first-order valence-electron chi connectivity index (χ1n) is 3.36. The highest BCUT2D eigenvalue weighted by Crippen LogP contribution is 2.18. The zero-order valence-corrected chi connectivity index (χ0v) is 8.49.